The van der Waals surface area contributed by atoms with Gasteiger partial charge in [0.1, 0.15) is 0 Å². The summed E-state index contributed by atoms with van der Waals surface area (Å²) >= 11 is 5.85. The molecule has 0 aliphatic carbocycles. The van der Waals surface area contributed by atoms with E-state index in [0.29, 0.717) is 16.4 Å². The van der Waals surface area contributed by atoms with E-state index < -0.39 is 11.8 Å². The van der Waals surface area contributed by atoms with Crippen molar-refractivity contribution in [2.24, 2.45) is 0 Å². The monoisotopic (exact) mass is 302 g/mol. The molecule has 2 aromatic rings. The third-order valence-corrected chi connectivity index (χ3v) is 3.15. The van der Waals surface area contributed by atoms with Crippen LogP contribution in [0.5, 0.6) is 0 Å². The van der Waals surface area contributed by atoms with E-state index in [4.69, 9.17) is 11.6 Å². The van der Waals surface area contributed by atoms with E-state index in [-0.39, 0.29) is 0 Å². The molecule has 2 aromatic carbocycles. The minimum absolute atomic E-state index is 0.559. The molecule has 0 aliphatic rings. The Morgan fingerprint density at radius 2 is 1.67 bits per heavy atom. The van der Waals surface area contributed by atoms with Crippen molar-refractivity contribution >= 4 is 34.8 Å². The van der Waals surface area contributed by atoms with Crippen molar-refractivity contribution in [1.82, 2.24) is 0 Å². The van der Waals surface area contributed by atoms with Crippen LogP contribution in [0.15, 0.2) is 42.5 Å². The van der Waals surface area contributed by atoms with Crippen LogP contribution >= 0.6 is 11.6 Å². The minimum Gasteiger partial charge on any atom is -0.318 e. The van der Waals surface area contributed by atoms with Crippen LogP contribution < -0.4 is 10.6 Å². The first-order valence-electron chi connectivity index (χ1n) is 6.41. The lowest BCUT2D eigenvalue weighted by molar-refractivity contribution is -0.133. The number of halogens is 1. The van der Waals surface area contributed by atoms with Crippen LogP contribution in [0.1, 0.15) is 11.1 Å². The molecular formula is C16H15ClN2O2. The second-order valence-electron chi connectivity index (χ2n) is 4.74. The highest BCUT2D eigenvalue weighted by Crippen LogP contribution is 2.19. The number of hydrogen-bond acceptors (Lipinski definition) is 2. The molecule has 2 amide bonds. The molecule has 0 radical (unpaired) electrons. The van der Waals surface area contributed by atoms with E-state index in [0.717, 1.165) is 11.1 Å². The van der Waals surface area contributed by atoms with Crippen molar-refractivity contribution in [3.05, 3.63) is 58.6 Å². The predicted octanol–water partition coefficient (Wildman–Crippen LogP) is 3.53. The van der Waals surface area contributed by atoms with E-state index in [1.807, 2.05) is 19.1 Å². The summed E-state index contributed by atoms with van der Waals surface area (Å²) in [5, 5.41) is 5.70. The lowest BCUT2D eigenvalue weighted by Gasteiger charge is -2.09. The molecule has 0 atom stereocenters. The summed E-state index contributed by atoms with van der Waals surface area (Å²) in [6.07, 6.45) is 0. The van der Waals surface area contributed by atoms with Crippen LogP contribution in [0.4, 0.5) is 11.4 Å². The topological polar surface area (TPSA) is 58.2 Å². The highest BCUT2D eigenvalue weighted by molar-refractivity contribution is 6.43. The van der Waals surface area contributed by atoms with Crippen LogP contribution in [-0.2, 0) is 9.59 Å². The summed E-state index contributed by atoms with van der Waals surface area (Å²) in [7, 11) is 0. The lowest BCUT2D eigenvalue weighted by atomic mass is 10.2. The first kappa shape index (κ1) is 15.1. The van der Waals surface area contributed by atoms with Gasteiger partial charge in [0.05, 0.1) is 0 Å². The third kappa shape index (κ3) is 4.07. The van der Waals surface area contributed by atoms with Gasteiger partial charge in [-0.1, -0.05) is 23.7 Å². The van der Waals surface area contributed by atoms with E-state index in [2.05, 4.69) is 10.6 Å². The van der Waals surface area contributed by atoms with Crippen molar-refractivity contribution in [2.75, 3.05) is 10.6 Å². The highest BCUT2D eigenvalue weighted by atomic mass is 35.5. The average Bonchev–Trinajstić information content (AvgIpc) is 2.41. The predicted molar refractivity (Wildman–Crippen MR) is 84.6 cm³/mol. The number of carbonyl (C=O) groups is 2. The quantitative estimate of drug-likeness (QED) is 0.834. The summed E-state index contributed by atoms with van der Waals surface area (Å²) in [4.78, 5) is 23.7. The molecule has 0 aromatic heterocycles. The van der Waals surface area contributed by atoms with Gasteiger partial charge in [-0.2, -0.15) is 0 Å². The largest absolute Gasteiger partial charge is 0.318 e. The van der Waals surface area contributed by atoms with Crippen molar-refractivity contribution in [2.45, 2.75) is 13.8 Å². The number of amides is 2. The third-order valence-electron chi connectivity index (χ3n) is 2.92. The summed E-state index contributed by atoms with van der Waals surface area (Å²) in [5.74, 6) is -1.43. The summed E-state index contributed by atoms with van der Waals surface area (Å²) in [6.45, 7) is 3.72. The van der Waals surface area contributed by atoms with Gasteiger partial charge in [-0.15, -0.1) is 0 Å². The number of rotatable bonds is 2. The second-order valence-corrected chi connectivity index (χ2v) is 5.17. The number of aryl methyl sites for hydroxylation is 2. The molecule has 0 bridgehead atoms. The van der Waals surface area contributed by atoms with Crippen molar-refractivity contribution in [3.63, 3.8) is 0 Å². The molecule has 4 nitrogen and oxygen atoms in total. The molecule has 0 aliphatic heterocycles. The molecule has 21 heavy (non-hydrogen) atoms. The summed E-state index contributed by atoms with van der Waals surface area (Å²) < 4.78 is 0. The normalized spacial score (nSPS) is 10.0. The zero-order valence-electron chi connectivity index (χ0n) is 11.7. The zero-order chi connectivity index (χ0) is 15.4. The number of benzene rings is 2. The lowest BCUT2D eigenvalue weighted by Crippen LogP contribution is -2.29. The molecule has 2 N–H and O–H groups in total. The van der Waals surface area contributed by atoms with Gasteiger partial charge in [-0.3, -0.25) is 9.59 Å². The van der Waals surface area contributed by atoms with Gasteiger partial charge in [0, 0.05) is 16.4 Å². The molecule has 2 rings (SSSR count). The van der Waals surface area contributed by atoms with Gasteiger partial charge in [0.2, 0.25) is 0 Å². The maximum Gasteiger partial charge on any atom is 0.314 e. The maximum absolute atomic E-state index is 11.9. The van der Waals surface area contributed by atoms with Crippen LogP contribution in [0.2, 0.25) is 5.02 Å². The van der Waals surface area contributed by atoms with Gasteiger partial charge in [0.25, 0.3) is 0 Å². The SMILES string of the molecule is Cc1cccc(NC(=O)C(=O)Nc2ccc(Cl)cc2C)c1. The molecule has 108 valence electrons. The Hall–Kier alpha value is -2.33. The van der Waals surface area contributed by atoms with Gasteiger partial charge in [-0.25, -0.2) is 0 Å². The first-order valence-corrected chi connectivity index (χ1v) is 6.78. The van der Waals surface area contributed by atoms with Gasteiger partial charge in [-0.05, 0) is 55.3 Å². The molecular weight excluding hydrogens is 288 g/mol. The van der Waals surface area contributed by atoms with E-state index >= 15 is 0 Å². The zero-order valence-corrected chi connectivity index (χ0v) is 12.5. The van der Waals surface area contributed by atoms with E-state index in [1.54, 1.807) is 37.3 Å². The van der Waals surface area contributed by atoms with Crippen LogP contribution in [0.25, 0.3) is 0 Å². The van der Waals surface area contributed by atoms with E-state index in [1.165, 1.54) is 0 Å². The van der Waals surface area contributed by atoms with Crippen molar-refractivity contribution < 1.29 is 9.59 Å². The molecule has 0 spiro atoms. The first-order chi connectivity index (χ1) is 9.95. The fraction of sp³-hybridized carbons (Fsp3) is 0.125. The Bertz CT molecular complexity index is 698. The number of hydrogen-bond donors (Lipinski definition) is 2. The minimum atomic E-state index is -0.720. The summed E-state index contributed by atoms with van der Waals surface area (Å²) in [6, 6.07) is 12.3. The van der Waals surface area contributed by atoms with Crippen molar-refractivity contribution in [3.8, 4) is 0 Å². The van der Waals surface area contributed by atoms with Gasteiger partial charge in [0.15, 0.2) is 0 Å². The molecule has 0 saturated heterocycles. The fourth-order valence-electron chi connectivity index (χ4n) is 1.86. The Morgan fingerprint density at radius 1 is 0.952 bits per heavy atom. The van der Waals surface area contributed by atoms with Crippen LogP contribution in [0, 0.1) is 13.8 Å². The molecule has 5 heteroatoms. The second kappa shape index (κ2) is 6.41. The smallest absolute Gasteiger partial charge is 0.314 e. The average molecular weight is 303 g/mol. The number of anilines is 2. The fourth-order valence-corrected chi connectivity index (χ4v) is 2.08. The maximum atomic E-state index is 11.9. The van der Waals surface area contributed by atoms with Gasteiger partial charge < -0.3 is 10.6 Å². The van der Waals surface area contributed by atoms with Crippen LogP contribution in [0.3, 0.4) is 0 Å². The Balaban J connectivity index is 2.04. The van der Waals surface area contributed by atoms with Gasteiger partial charge >= 0.3 is 11.8 Å². The summed E-state index contributed by atoms with van der Waals surface area (Å²) in [5.41, 5.74) is 2.94. The Morgan fingerprint density at radius 3 is 2.33 bits per heavy atom. The van der Waals surface area contributed by atoms with Crippen molar-refractivity contribution in [1.29, 1.82) is 0 Å². The number of nitrogens with one attached hydrogen (secondary N) is 2. The Labute approximate surface area is 128 Å². The molecule has 0 saturated carbocycles. The molecule has 0 heterocycles. The molecule has 0 fully saturated rings. The van der Waals surface area contributed by atoms with Crippen LogP contribution in [-0.4, -0.2) is 11.8 Å². The van der Waals surface area contributed by atoms with E-state index in [9.17, 15) is 9.59 Å². The number of carbonyl (C=O) groups excluding carboxylic acids is 2. The highest BCUT2D eigenvalue weighted by Gasteiger charge is 2.15. The Kier molecular flexibility index (Phi) is 4.60. The molecule has 0 unspecified atom stereocenters. The standard InChI is InChI=1S/C16H15ClN2O2/c1-10-4-3-5-13(8-10)18-15(20)16(21)19-14-7-6-12(17)9-11(14)2/h3-9H,1-2H3,(H,18,20)(H,19,21).